The van der Waals surface area contributed by atoms with E-state index in [0.717, 1.165) is 0 Å². The third-order valence-corrected chi connectivity index (χ3v) is 1.48. The SMILES string of the molecule is CC(C)OC(=O)c1cccnc1C#N. The molecule has 0 aliphatic rings. The molecule has 1 rings (SSSR count). The van der Waals surface area contributed by atoms with Gasteiger partial charge in [-0.15, -0.1) is 0 Å². The smallest absolute Gasteiger partial charge is 0.341 e. The molecule has 0 spiro atoms. The van der Waals surface area contributed by atoms with Gasteiger partial charge in [-0.1, -0.05) is 0 Å². The first-order valence-electron chi connectivity index (χ1n) is 4.21. The summed E-state index contributed by atoms with van der Waals surface area (Å²) in [6.45, 7) is 3.50. The highest BCUT2D eigenvalue weighted by molar-refractivity contribution is 5.91. The van der Waals surface area contributed by atoms with Crippen molar-refractivity contribution in [2.75, 3.05) is 0 Å². The fourth-order valence-electron chi connectivity index (χ4n) is 0.937. The molecule has 0 atom stereocenters. The number of carbonyl (C=O) groups excluding carboxylic acids is 1. The van der Waals surface area contributed by atoms with Gasteiger partial charge in [-0.2, -0.15) is 5.26 Å². The molecule has 0 aromatic carbocycles. The van der Waals surface area contributed by atoms with Gasteiger partial charge in [0, 0.05) is 6.20 Å². The van der Waals surface area contributed by atoms with Gasteiger partial charge in [0.2, 0.25) is 0 Å². The molecule has 1 heterocycles. The fourth-order valence-corrected chi connectivity index (χ4v) is 0.937. The first-order valence-corrected chi connectivity index (χ1v) is 4.21. The van der Waals surface area contributed by atoms with Crippen molar-refractivity contribution in [3.05, 3.63) is 29.6 Å². The number of hydrogen-bond donors (Lipinski definition) is 0. The number of carbonyl (C=O) groups is 1. The number of hydrogen-bond acceptors (Lipinski definition) is 4. The standard InChI is InChI=1S/C10H10N2O2/c1-7(2)14-10(13)8-4-3-5-12-9(8)6-11/h3-5,7H,1-2H3. The van der Waals surface area contributed by atoms with E-state index in [0.29, 0.717) is 0 Å². The first-order chi connectivity index (χ1) is 6.65. The summed E-state index contributed by atoms with van der Waals surface area (Å²) in [5.41, 5.74) is 0.307. The second-order valence-corrected chi connectivity index (χ2v) is 2.97. The van der Waals surface area contributed by atoms with E-state index >= 15 is 0 Å². The predicted octanol–water partition coefficient (Wildman–Crippen LogP) is 1.52. The molecule has 0 aliphatic heterocycles. The molecule has 0 saturated heterocycles. The molecule has 0 aliphatic carbocycles. The van der Waals surface area contributed by atoms with E-state index in [1.807, 2.05) is 6.07 Å². The Bertz CT molecular complexity index is 380. The van der Waals surface area contributed by atoms with E-state index < -0.39 is 5.97 Å². The Kier molecular flexibility index (Phi) is 3.19. The zero-order valence-corrected chi connectivity index (χ0v) is 8.02. The highest BCUT2D eigenvalue weighted by atomic mass is 16.5. The molecule has 0 amide bonds. The van der Waals surface area contributed by atoms with Gasteiger partial charge in [-0.25, -0.2) is 9.78 Å². The molecule has 0 bridgehead atoms. The van der Waals surface area contributed by atoms with Gasteiger partial charge in [0.15, 0.2) is 5.69 Å². The van der Waals surface area contributed by atoms with Gasteiger partial charge >= 0.3 is 5.97 Å². The summed E-state index contributed by atoms with van der Waals surface area (Å²) < 4.78 is 4.95. The van der Waals surface area contributed by atoms with E-state index in [2.05, 4.69) is 4.98 Å². The molecule has 4 heteroatoms. The summed E-state index contributed by atoms with van der Waals surface area (Å²) in [7, 11) is 0. The maximum absolute atomic E-state index is 11.4. The largest absolute Gasteiger partial charge is 0.459 e. The van der Waals surface area contributed by atoms with E-state index in [-0.39, 0.29) is 17.4 Å². The minimum absolute atomic E-state index is 0.0955. The van der Waals surface area contributed by atoms with Crippen molar-refractivity contribution in [3.8, 4) is 6.07 Å². The maximum atomic E-state index is 11.4. The van der Waals surface area contributed by atoms with Crippen LogP contribution < -0.4 is 0 Å². The number of nitriles is 1. The highest BCUT2D eigenvalue weighted by Gasteiger charge is 2.14. The molecular weight excluding hydrogens is 180 g/mol. The van der Waals surface area contributed by atoms with Crippen molar-refractivity contribution < 1.29 is 9.53 Å². The van der Waals surface area contributed by atoms with Crippen molar-refractivity contribution in [1.29, 1.82) is 5.26 Å². The second-order valence-electron chi connectivity index (χ2n) is 2.97. The summed E-state index contributed by atoms with van der Waals surface area (Å²) in [5, 5.41) is 8.68. The van der Waals surface area contributed by atoms with Gasteiger partial charge in [-0.3, -0.25) is 0 Å². The van der Waals surface area contributed by atoms with Gasteiger partial charge in [-0.05, 0) is 26.0 Å². The molecule has 72 valence electrons. The lowest BCUT2D eigenvalue weighted by atomic mass is 10.2. The average molecular weight is 190 g/mol. The van der Waals surface area contributed by atoms with Crippen LogP contribution in [0.25, 0.3) is 0 Å². The number of nitrogens with zero attached hydrogens (tertiary/aromatic N) is 2. The number of ether oxygens (including phenoxy) is 1. The van der Waals surface area contributed by atoms with Crippen LogP contribution in [0.1, 0.15) is 29.9 Å². The topological polar surface area (TPSA) is 63.0 Å². The summed E-state index contributed by atoms with van der Waals surface area (Å²) in [5.74, 6) is -0.510. The zero-order chi connectivity index (χ0) is 10.6. The molecule has 0 N–H and O–H groups in total. The first kappa shape index (κ1) is 10.2. The van der Waals surface area contributed by atoms with Crippen LogP contribution in [0.15, 0.2) is 18.3 Å². The normalized spacial score (nSPS) is 9.57. The summed E-state index contributed by atoms with van der Waals surface area (Å²) in [6.07, 6.45) is 1.26. The molecule has 4 nitrogen and oxygen atoms in total. The van der Waals surface area contributed by atoms with Crippen LogP contribution in [0.3, 0.4) is 0 Å². The Morgan fingerprint density at radius 1 is 1.64 bits per heavy atom. The number of esters is 1. The van der Waals surface area contributed by atoms with Crippen LogP contribution in [-0.4, -0.2) is 17.1 Å². The molecule has 1 aromatic rings. The van der Waals surface area contributed by atoms with E-state index in [1.165, 1.54) is 12.3 Å². The molecule has 0 unspecified atom stereocenters. The minimum atomic E-state index is -0.510. The van der Waals surface area contributed by atoms with Crippen LogP contribution in [0.5, 0.6) is 0 Å². The number of pyridine rings is 1. The van der Waals surface area contributed by atoms with Gasteiger partial charge in [0.1, 0.15) is 6.07 Å². The van der Waals surface area contributed by atoms with Crippen LogP contribution >= 0.6 is 0 Å². The van der Waals surface area contributed by atoms with Crippen LogP contribution in [0.4, 0.5) is 0 Å². The van der Waals surface area contributed by atoms with E-state index in [4.69, 9.17) is 10.00 Å². The van der Waals surface area contributed by atoms with Crippen LogP contribution in [0, 0.1) is 11.3 Å². The summed E-state index contributed by atoms with van der Waals surface area (Å²) in [6, 6.07) is 4.96. The molecule has 14 heavy (non-hydrogen) atoms. The fraction of sp³-hybridized carbons (Fsp3) is 0.300. The minimum Gasteiger partial charge on any atom is -0.459 e. The van der Waals surface area contributed by atoms with Crippen molar-refractivity contribution in [2.45, 2.75) is 20.0 Å². The summed E-state index contributed by atoms with van der Waals surface area (Å²) in [4.78, 5) is 15.2. The lowest BCUT2D eigenvalue weighted by Crippen LogP contribution is -2.13. The van der Waals surface area contributed by atoms with Crippen LogP contribution in [0.2, 0.25) is 0 Å². The van der Waals surface area contributed by atoms with Gasteiger partial charge in [0.05, 0.1) is 11.7 Å². The Hall–Kier alpha value is -1.89. The monoisotopic (exact) mass is 190 g/mol. The Morgan fingerprint density at radius 2 is 2.36 bits per heavy atom. The number of rotatable bonds is 2. The van der Waals surface area contributed by atoms with Crippen molar-refractivity contribution in [2.24, 2.45) is 0 Å². The predicted molar refractivity (Wildman–Crippen MR) is 49.5 cm³/mol. The molecule has 0 fully saturated rings. The summed E-state index contributed by atoms with van der Waals surface area (Å²) >= 11 is 0. The lowest BCUT2D eigenvalue weighted by Gasteiger charge is -2.07. The maximum Gasteiger partial charge on any atom is 0.341 e. The van der Waals surface area contributed by atoms with Crippen molar-refractivity contribution in [1.82, 2.24) is 4.98 Å². The van der Waals surface area contributed by atoms with Crippen molar-refractivity contribution in [3.63, 3.8) is 0 Å². The quantitative estimate of drug-likeness (QED) is 0.663. The number of aromatic nitrogens is 1. The Morgan fingerprint density at radius 3 is 2.93 bits per heavy atom. The van der Waals surface area contributed by atoms with Gasteiger partial charge < -0.3 is 4.74 Å². The van der Waals surface area contributed by atoms with Gasteiger partial charge in [0.25, 0.3) is 0 Å². The highest BCUT2D eigenvalue weighted by Crippen LogP contribution is 2.07. The molecule has 0 radical (unpaired) electrons. The molecule has 1 aromatic heterocycles. The Labute approximate surface area is 82.1 Å². The zero-order valence-electron chi connectivity index (χ0n) is 8.02. The third kappa shape index (κ3) is 2.30. The molecule has 0 saturated carbocycles. The third-order valence-electron chi connectivity index (χ3n) is 1.48. The van der Waals surface area contributed by atoms with E-state index in [9.17, 15) is 4.79 Å². The lowest BCUT2D eigenvalue weighted by molar-refractivity contribution is 0.0377. The second kappa shape index (κ2) is 4.38. The van der Waals surface area contributed by atoms with Crippen molar-refractivity contribution >= 4 is 5.97 Å². The van der Waals surface area contributed by atoms with Crippen LogP contribution in [-0.2, 0) is 4.74 Å². The van der Waals surface area contributed by atoms with E-state index in [1.54, 1.807) is 19.9 Å². The Balaban J connectivity index is 2.96. The molecular formula is C10H10N2O2. The average Bonchev–Trinajstić information content (AvgIpc) is 2.16.